The van der Waals surface area contributed by atoms with E-state index < -0.39 is 0 Å². The molecule has 0 saturated carbocycles. The van der Waals surface area contributed by atoms with Gasteiger partial charge in [0.05, 0.1) is 6.54 Å². The van der Waals surface area contributed by atoms with Crippen molar-refractivity contribution < 1.29 is 0 Å². The van der Waals surface area contributed by atoms with Gasteiger partial charge in [-0.25, -0.2) is 0 Å². The molecule has 0 aromatic heterocycles. The molecule has 0 aliphatic rings. The Bertz CT molecular complexity index is 273. The SMILES string of the molecule is CCNc1cccc(CCN=O)c1. The van der Waals surface area contributed by atoms with Crippen LogP contribution in [0.15, 0.2) is 29.4 Å². The molecule has 3 heteroatoms. The van der Waals surface area contributed by atoms with Gasteiger partial charge in [-0.3, -0.25) is 0 Å². The molecule has 0 aliphatic heterocycles. The lowest BCUT2D eigenvalue weighted by molar-refractivity contribution is 0.960. The average molecular weight is 178 g/mol. The molecule has 0 aliphatic carbocycles. The summed E-state index contributed by atoms with van der Waals surface area (Å²) in [6.07, 6.45) is 0.725. The van der Waals surface area contributed by atoms with Gasteiger partial charge in [0.2, 0.25) is 0 Å². The average Bonchev–Trinajstić information content (AvgIpc) is 2.16. The van der Waals surface area contributed by atoms with Crippen molar-refractivity contribution in [3.05, 3.63) is 34.7 Å². The van der Waals surface area contributed by atoms with Crippen molar-refractivity contribution in [2.45, 2.75) is 13.3 Å². The summed E-state index contributed by atoms with van der Waals surface area (Å²) in [5.41, 5.74) is 2.25. The lowest BCUT2D eigenvalue weighted by Crippen LogP contribution is -1.97. The monoisotopic (exact) mass is 178 g/mol. The van der Waals surface area contributed by atoms with E-state index in [1.165, 1.54) is 0 Å². The van der Waals surface area contributed by atoms with Crippen LogP contribution in [0.3, 0.4) is 0 Å². The topological polar surface area (TPSA) is 41.5 Å². The summed E-state index contributed by atoms with van der Waals surface area (Å²) in [7, 11) is 0. The van der Waals surface area contributed by atoms with Crippen LogP contribution in [0.4, 0.5) is 5.69 Å². The van der Waals surface area contributed by atoms with Crippen LogP contribution in [-0.4, -0.2) is 13.1 Å². The summed E-state index contributed by atoms with van der Waals surface area (Å²) in [5, 5.41) is 6.05. The van der Waals surface area contributed by atoms with E-state index in [2.05, 4.69) is 23.5 Å². The number of nitrogens with zero attached hydrogens (tertiary/aromatic N) is 1. The van der Waals surface area contributed by atoms with E-state index in [9.17, 15) is 4.91 Å². The summed E-state index contributed by atoms with van der Waals surface area (Å²) in [4.78, 5) is 9.92. The first-order valence-electron chi connectivity index (χ1n) is 4.48. The third-order valence-electron chi connectivity index (χ3n) is 1.80. The van der Waals surface area contributed by atoms with Gasteiger partial charge in [-0.1, -0.05) is 17.3 Å². The Hall–Kier alpha value is -1.38. The fourth-order valence-corrected chi connectivity index (χ4v) is 1.22. The zero-order chi connectivity index (χ0) is 9.52. The maximum atomic E-state index is 9.92. The minimum atomic E-state index is 0.357. The molecule has 1 N–H and O–H groups in total. The molecule has 0 spiro atoms. The van der Waals surface area contributed by atoms with Crippen molar-refractivity contribution >= 4 is 5.69 Å². The standard InChI is InChI=1S/C10H14N2O/c1-2-11-10-5-3-4-9(8-10)6-7-12-13/h3-5,8,11H,2,6-7H2,1H3. The summed E-state index contributed by atoms with van der Waals surface area (Å²) < 4.78 is 0. The Kier molecular flexibility index (Phi) is 3.96. The highest BCUT2D eigenvalue weighted by Crippen LogP contribution is 2.10. The summed E-state index contributed by atoms with van der Waals surface area (Å²) in [6.45, 7) is 3.32. The van der Waals surface area contributed by atoms with E-state index in [4.69, 9.17) is 0 Å². The Labute approximate surface area is 78.1 Å². The first-order chi connectivity index (χ1) is 6.36. The fourth-order valence-electron chi connectivity index (χ4n) is 1.22. The first kappa shape index (κ1) is 9.71. The smallest absolute Gasteiger partial charge is 0.0851 e. The lowest BCUT2D eigenvalue weighted by Gasteiger charge is -2.04. The number of nitroso groups, excluding NO2 is 1. The van der Waals surface area contributed by atoms with Gasteiger partial charge in [-0.05, 0) is 31.0 Å². The predicted octanol–water partition coefficient (Wildman–Crippen LogP) is 2.43. The number of anilines is 1. The van der Waals surface area contributed by atoms with Gasteiger partial charge < -0.3 is 5.32 Å². The van der Waals surface area contributed by atoms with Gasteiger partial charge in [0.15, 0.2) is 0 Å². The Morgan fingerprint density at radius 2 is 2.31 bits per heavy atom. The third kappa shape index (κ3) is 3.23. The van der Waals surface area contributed by atoms with Crippen LogP contribution in [0.2, 0.25) is 0 Å². The highest BCUT2D eigenvalue weighted by Gasteiger charge is 1.94. The predicted molar refractivity (Wildman–Crippen MR) is 55.0 cm³/mol. The maximum Gasteiger partial charge on any atom is 0.0851 e. The molecule has 0 bridgehead atoms. The van der Waals surface area contributed by atoms with E-state index in [0.29, 0.717) is 6.54 Å². The zero-order valence-corrected chi connectivity index (χ0v) is 7.79. The van der Waals surface area contributed by atoms with E-state index >= 15 is 0 Å². The number of benzene rings is 1. The molecular weight excluding hydrogens is 164 g/mol. The summed E-state index contributed by atoms with van der Waals surface area (Å²) in [5.74, 6) is 0. The fraction of sp³-hybridized carbons (Fsp3) is 0.400. The highest BCUT2D eigenvalue weighted by atomic mass is 16.3. The van der Waals surface area contributed by atoms with Gasteiger partial charge in [0.25, 0.3) is 0 Å². The Morgan fingerprint density at radius 3 is 3.00 bits per heavy atom. The van der Waals surface area contributed by atoms with Gasteiger partial charge in [0.1, 0.15) is 0 Å². The van der Waals surface area contributed by atoms with Crippen LogP contribution in [0.1, 0.15) is 12.5 Å². The van der Waals surface area contributed by atoms with Crippen molar-refractivity contribution in [2.24, 2.45) is 5.18 Å². The van der Waals surface area contributed by atoms with Crippen molar-refractivity contribution in [3.8, 4) is 0 Å². The van der Waals surface area contributed by atoms with Crippen LogP contribution in [0, 0.1) is 4.91 Å². The molecule has 70 valence electrons. The summed E-state index contributed by atoms with van der Waals surface area (Å²) >= 11 is 0. The first-order valence-corrected chi connectivity index (χ1v) is 4.48. The quantitative estimate of drug-likeness (QED) is 0.703. The van der Waals surface area contributed by atoms with Crippen molar-refractivity contribution in [1.82, 2.24) is 0 Å². The molecule has 1 aromatic carbocycles. The molecule has 0 unspecified atom stereocenters. The van der Waals surface area contributed by atoms with E-state index in [1.807, 2.05) is 18.2 Å². The zero-order valence-electron chi connectivity index (χ0n) is 7.79. The van der Waals surface area contributed by atoms with Crippen molar-refractivity contribution in [2.75, 3.05) is 18.4 Å². The van der Waals surface area contributed by atoms with Gasteiger partial charge in [0, 0.05) is 12.2 Å². The molecule has 0 atom stereocenters. The largest absolute Gasteiger partial charge is 0.385 e. The van der Waals surface area contributed by atoms with Crippen LogP contribution in [0.25, 0.3) is 0 Å². The highest BCUT2D eigenvalue weighted by molar-refractivity contribution is 5.45. The van der Waals surface area contributed by atoms with Crippen LogP contribution in [-0.2, 0) is 6.42 Å². The Morgan fingerprint density at radius 1 is 1.46 bits per heavy atom. The molecule has 0 saturated heterocycles. The second kappa shape index (κ2) is 5.30. The molecule has 3 nitrogen and oxygen atoms in total. The van der Waals surface area contributed by atoms with E-state index in [-0.39, 0.29) is 0 Å². The molecule has 0 heterocycles. The van der Waals surface area contributed by atoms with Crippen LogP contribution < -0.4 is 5.32 Å². The molecule has 0 amide bonds. The molecule has 1 aromatic rings. The second-order valence-corrected chi connectivity index (χ2v) is 2.83. The lowest BCUT2D eigenvalue weighted by atomic mass is 10.1. The van der Waals surface area contributed by atoms with Gasteiger partial charge in [-0.2, -0.15) is 4.91 Å². The Balaban J connectivity index is 2.61. The molecule has 13 heavy (non-hydrogen) atoms. The summed E-state index contributed by atoms with van der Waals surface area (Å²) in [6, 6.07) is 8.06. The minimum Gasteiger partial charge on any atom is -0.385 e. The van der Waals surface area contributed by atoms with Gasteiger partial charge >= 0.3 is 0 Å². The number of rotatable bonds is 5. The number of nitrogens with one attached hydrogen (secondary N) is 1. The molecule has 1 rings (SSSR count). The van der Waals surface area contributed by atoms with Crippen LogP contribution >= 0.6 is 0 Å². The number of hydrogen-bond donors (Lipinski definition) is 1. The molecule has 0 fully saturated rings. The molecule has 0 radical (unpaired) electrons. The van der Waals surface area contributed by atoms with Crippen LogP contribution in [0.5, 0.6) is 0 Å². The van der Waals surface area contributed by atoms with Crippen molar-refractivity contribution in [3.63, 3.8) is 0 Å². The second-order valence-electron chi connectivity index (χ2n) is 2.83. The van der Waals surface area contributed by atoms with Crippen molar-refractivity contribution in [1.29, 1.82) is 0 Å². The van der Waals surface area contributed by atoms with E-state index in [0.717, 1.165) is 24.2 Å². The van der Waals surface area contributed by atoms with E-state index in [1.54, 1.807) is 0 Å². The number of hydrogen-bond acceptors (Lipinski definition) is 3. The third-order valence-corrected chi connectivity index (χ3v) is 1.80. The molecular formula is C10H14N2O. The maximum absolute atomic E-state index is 9.92. The normalized spacial score (nSPS) is 9.62. The minimum absolute atomic E-state index is 0.357. The van der Waals surface area contributed by atoms with Gasteiger partial charge in [-0.15, -0.1) is 0 Å².